The van der Waals surface area contributed by atoms with Gasteiger partial charge in [-0.1, -0.05) is 43.0 Å². The number of carbonyl (C=O) groups excluding carboxylic acids is 1. The summed E-state index contributed by atoms with van der Waals surface area (Å²) < 4.78 is 0. The molecule has 3 N–H and O–H groups in total. The molecule has 1 saturated carbocycles. The summed E-state index contributed by atoms with van der Waals surface area (Å²) in [5.41, 5.74) is 0.565. The molecule has 1 amide bonds. The fourth-order valence-electron chi connectivity index (χ4n) is 3.89. The lowest BCUT2D eigenvalue weighted by molar-refractivity contribution is -0.130. The van der Waals surface area contributed by atoms with Gasteiger partial charge in [0.25, 0.3) is 0 Å². The lowest BCUT2D eigenvalue weighted by atomic mass is 9.68. The molecule has 0 unspecified atom stereocenters. The molecule has 2 atom stereocenters. The Bertz CT molecular complexity index is 540. The standard InChI is InChI=1S/C18H25ClN2O2/c19-14-6-4-13(5-7-14)18(9-2-1-3-10-18)17(23)21-15-8-11-20-12-16(15)22/h4-7,15-16,20,22H,1-3,8-12H2,(H,21,23)/t15-,16-/m1/s1. The third-order valence-corrected chi connectivity index (χ3v) is 5.56. The van der Waals surface area contributed by atoms with E-state index in [1.165, 1.54) is 6.42 Å². The van der Waals surface area contributed by atoms with Crippen LogP contribution in [0.5, 0.6) is 0 Å². The van der Waals surface area contributed by atoms with Gasteiger partial charge < -0.3 is 15.7 Å². The molecule has 1 aromatic rings. The van der Waals surface area contributed by atoms with Gasteiger partial charge in [0.15, 0.2) is 0 Å². The molecule has 2 aliphatic rings. The monoisotopic (exact) mass is 336 g/mol. The van der Waals surface area contributed by atoms with Crippen LogP contribution in [0.3, 0.4) is 0 Å². The number of β-amino-alcohol motifs (C(OH)–C–C–N with tert-alkyl or cyclic N) is 1. The molecule has 0 radical (unpaired) electrons. The molecule has 5 heteroatoms. The number of carbonyl (C=O) groups is 1. The largest absolute Gasteiger partial charge is 0.390 e. The third-order valence-electron chi connectivity index (χ3n) is 5.31. The average Bonchev–Trinajstić information content (AvgIpc) is 2.58. The number of aliphatic hydroxyl groups is 1. The molecule has 3 rings (SSSR count). The van der Waals surface area contributed by atoms with Gasteiger partial charge in [-0.05, 0) is 43.5 Å². The molecule has 2 fully saturated rings. The van der Waals surface area contributed by atoms with Gasteiger partial charge in [0.05, 0.1) is 17.6 Å². The first-order valence-electron chi connectivity index (χ1n) is 8.58. The van der Waals surface area contributed by atoms with Crippen LogP contribution >= 0.6 is 11.6 Å². The van der Waals surface area contributed by atoms with E-state index in [1.54, 1.807) is 0 Å². The Morgan fingerprint density at radius 2 is 1.91 bits per heavy atom. The van der Waals surface area contributed by atoms with Crippen molar-refractivity contribution in [1.82, 2.24) is 10.6 Å². The zero-order chi connectivity index (χ0) is 16.3. The van der Waals surface area contributed by atoms with Gasteiger partial charge in [-0.3, -0.25) is 4.79 Å². The van der Waals surface area contributed by atoms with Gasteiger partial charge in [-0.2, -0.15) is 0 Å². The fourth-order valence-corrected chi connectivity index (χ4v) is 4.01. The fraction of sp³-hybridized carbons (Fsp3) is 0.611. The van der Waals surface area contributed by atoms with Crippen molar-refractivity contribution in [2.45, 2.75) is 56.1 Å². The van der Waals surface area contributed by atoms with Crippen LogP contribution in [0, 0.1) is 0 Å². The Morgan fingerprint density at radius 1 is 1.22 bits per heavy atom. The van der Waals surface area contributed by atoms with Crippen molar-refractivity contribution in [3.8, 4) is 0 Å². The van der Waals surface area contributed by atoms with Gasteiger partial charge >= 0.3 is 0 Å². The quantitative estimate of drug-likeness (QED) is 0.794. The molecule has 1 aliphatic carbocycles. The van der Waals surface area contributed by atoms with Gasteiger partial charge in [-0.25, -0.2) is 0 Å². The summed E-state index contributed by atoms with van der Waals surface area (Å²) >= 11 is 6.01. The van der Waals surface area contributed by atoms with Crippen molar-refractivity contribution in [2.24, 2.45) is 0 Å². The second kappa shape index (κ2) is 7.20. The highest BCUT2D eigenvalue weighted by atomic mass is 35.5. The Balaban J connectivity index is 1.83. The second-order valence-electron chi connectivity index (χ2n) is 6.79. The van der Waals surface area contributed by atoms with Crippen molar-refractivity contribution >= 4 is 17.5 Å². The minimum atomic E-state index is -0.515. The van der Waals surface area contributed by atoms with Gasteiger partial charge in [-0.15, -0.1) is 0 Å². The molecular formula is C18H25ClN2O2. The zero-order valence-corrected chi connectivity index (χ0v) is 14.1. The number of hydrogen-bond acceptors (Lipinski definition) is 3. The van der Waals surface area contributed by atoms with Crippen LogP contribution in [0.1, 0.15) is 44.1 Å². The molecule has 0 aromatic heterocycles. The van der Waals surface area contributed by atoms with Crippen LogP contribution in [0.25, 0.3) is 0 Å². The van der Waals surface area contributed by atoms with Crippen LogP contribution in [-0.4, -0.2) is 36.2 Å². The van der Waals surface area contributed by atoms with E-state index < -0.39 is 11.5 Å². The van der Waals surface area contributed by atoms with E-state index in [-0.39, 0.29) is 11.9 Å². The van der Waals surface area contributed by atoms with Crippen molar-refractivity contribution in [1.29, 1.82) is 0 Å². The number of hydrogen-bond donors (Lipinski definition) is 3. The predicted molar refractivity (Wildman–Crippen MR) is 91.6 cm³/mol. The number of nitrogens with one attached hydrogen (secondary N) is 2. The molecule has 1 aromatic carbocycles. The summed E-state index contributed by atoms with van der Waals surface area (Å²) in [4.78, 5) is 13.1. The summed E-state index contributed by atoms with van der Waals surface area (Å²) in [6, 6.07) is 7.52. The van der Waals surface area contributed by atoms with Gasteiger partial charge in [0.1, 0.15) is 0 Å². The van der Waals surface area contributed by atoms with E-state index in [4.69, 9.17) is 11.6 Å². The summed E-state index contributed by atoms with van der Waals surface area (Å²) in [6.45, 7) is 1.37. The lowest BCUT2D eigenvalue weighted by Crippen LogP contribution is -2.57. The highest BCUT2D eigenvalue weighted by molar-refractivity contribution is 6.30. The molecule has 126 valence electrons. The zero-order valence-electron chi connectivity index (χ0n) is 13.4. The van der Waals surface area contributed by atoms with Crippen molar-refractivity contribution in [3.63, 3.8) is 0 Å². The molecule has 1 aliphatic heterocycles. The van der Waals surface area contributed by atoms with Gasteiger partial charge in [0.2, 0.25) is 5.91 Å². The van der Waals surface area contributed by atoms with E-state index >= 15 is 0 Å². The summed E-state index contributed by atoms with van der Waals surface area (Å²) in [5.74, 6) is 0.0606. The highest BCUT2D eigenvalue weighted by Crippen LogP contribution is 2.40. The van der Waals surface area contributed by atoms with Crippen LogP contribution in [-0.2, 0) is 10.2 Å². The summed E-state index contributed by atoms with van der Waals surface area (Å²) in [6.07, 6.45) is 5.28. The van der Waals surface area contributed by atoms with Crippen molar-refractivity contribution < 1.29 is 9.90 Å². The smallest absolute Gasteiger partial charge is 0.230 e. The van der Waals surface area contributed by atoms with E-state index in [2.05, 4.69) is 10.6 Å². The Morgan fingerprint density at radius 3 is 2.57 bits per heavy atom. The Kier molecular flexibility index (Phi) is 5.24. The van der Waals surface area contributed by atoms with Crippen LogP contribution in [0.15, 0.2) is 24.3 Å². The van der Waals surface area contributed by atoms with Crippen LogP contribution < -0.4 is 10.6 Å². The molecule has 1 heterocycles. The topological polar surface area (TPSA) is 61.4 Å². The molecular weight excluding hydrogens is 312 g/mol. The second-order valence-corrected chi connectivity index (χ2v) is 7.23. The first-order chi connectivity index (χ1) is 11.1. The van der Waals surface area contributed by atoms with E-state index in [0.717, 1.165) is 44.2 Å². The van der Waals surface area contributed by atoms with E-state index in [0.29, 0.717) is 11.6 Å². The maximum absolute atomic E-state index is 13.1. The first-order valence-corrected chi connectivity index (χ1v) is 8.95. The third kappa shape index (κ3) is 3.54. The Hall–Kier alpha value is -1.10. The van der Waals surface area contributed by atoms with Crippen molar-refractivity contribution in [2.75, 3.05) is 13.1 Å². The normalized spacial score (nSPS) is 27.4. The van der Waals surface area contributed by atoms with Crippen molar-refractivity contribution in [3.05, 3.63) is 34.9 Å². The number of rotatable bonds is 3. The molecule has 1 saturated heterocycles. The van der Waals surface area contributed by atoms with Gasteiger partial charge in [0, 0.05) is 11.6 Å². The maximum atomic E-state index is 13.1. The van der Waals surface area contributed by atoms with E-state index in [9.17, 15) is 9.90 Å². The maximum Gasteiger partial charge on any atom is 0.230 e. The number of piperidine rings is 1. The van der Waals surface area contributed by atoms with E-state index in [1.807, 2.05) is 24.3 Å². The molecule has 4 nitrogen and oxygen atoms in total. The SMILES string of the molecule is O=C(N[C@@H]1CCNC[C@H]1O)C1(c2ccc(Cl)cc2)CCCCC1. The summed E-state index contributed by atoms with van der Waals surface area (Å²) in [7, 11) is 0. The molecule has 0 bridgehead atoms. The average molecular weight is 337 g/mol. The number of aliphatic hydroxyl groups excluding tert-OH is 1. The molecule has 23 heavy (non-hydrogen) atoms. The number of amides is 1. The highest BCUT2D eigenvalue weighted by Gasteiger charge is 2.42. The first kappa shape index (κ1) is 16.7. The number of halogens is 1. The van der Waals surface area contributed by atoms with Crippen LogP contribution in [0.2, 0.25) is 5.02 Å². The lowest BCUT2D eigenvalue weighted by Gasteiger charge is -2.39. The molecule has 0 spiro atoms. The Labute approximate surface area is 142 Å². The minimum absolute atomic E-state index is 0.0606. The van der Waals surface area contributed by atoms with Crippen LogP contribution in [0.4, 0.5) is 0 Å². The summed E-state index contributed by atoms with van der Waals surface area (Å²) in [5, 5.41) is 17.1. The number of benzene rings is 1. The minimum Gasteiger partial charge on any atom is -0.390 e. The predicted octanol–water partition coefficient (Wildman–Crippen LogP) is 2.38.